The van der Waals surface area contributed by atoms with Crippen LogP contribution in [0.1, 0.15) is 24.8 Å². The van der Waals surface area contributed by atoms with E-state index in [0.717, 1.165) is 42.7 Å². The fourth-order valence-electron chi connectivity index (χ4n) is 2.57. The molecule has 0 bridgehead atoms. The molecule has 84 valence electrons. The number of hydrogen-bond donors (Lipinski definition) is 1. The van der Waals surface area contributed by atoms with Gasteiger partial charge < -0.3 is 10.6 Å². The summed E-state index contributed by atoms with van der Waals surface area (Å²) in [5, 5.41) is 0. The molecular formula is C13H16N2O. The zero-order chi connectivity index (χ0) is 11.1. The van der Waals surface area contributed by atoms with E-state index in [1.807, 2.05) is 23.1 Å². The molecule has 1 aliphatic heterocycles. The molecule has 3 heteroatoms. The largest absolute Gasteiger partial charge is 0.398 e. The summed E-state index contributed by atoms with van der Waals surface area (Å²) >= 11 is 0. The normalized spacial score (nSPS) is 19.4. The van der Waals surface area contributed by atoms with Crippen molar-refractivity contribution < 1.29 is 4.79 Å². The number of nitrogens with two attached hydrogens (primary N) is 1. The molecule has 16 heavy (non-hydrogen) atoms. The van der Waals surface area contributed by atoms with Gasteiger partial charge in [0.15, 0.2) is 0 Å². The molecule has 0 atom stereocenters. The van der Waals surface area contributed by atoms with E-state index in [0.29, 0.717) is 5.91 Å². The maximum absolute atomic E-state index is 12.2. The molecule has 1 fully saturated rings. The van der Waals surface area contributed by atoms with Gasteiger partial charge in [-0.2, -0.15) is 0 Å². The number of amides is 1. The number of anilines is 2. The summed E-state index contributed by atoms with van der Waals surface area (Å²) in [6, 6.07) is 5.85. The van der Waals surface area contributed by atoms with E-state index in [-0.39, 0.29) is 5.92 Å². The highest BCUT2D eigenvalue weighted by atomic mass is 16.2. The molecule has 3 rings (SSSR count). The molecule has 3 nitrogen and oxygen atoms in total. The molecule has 0 aromatic heterocycles. The summed E-state index contributed by atoms with van der Waals surface area (Å²) in [7, 11) is 0. The van der Waals surface area contributed by atoms with Crippen LogP contribution in [0.25, 0.3) is 0 Å². The van der Waals surface area contributed by atoms with Crippen LogP contribution in [-0.4, -0.2) is 12.5 Å². The van der Waals surface area contributed by atoms with Crippen LogP contribution in [0, 0.1) is 5.92 Å². The van der Waals surface area contributed by atoms with E-state index in [9.17, 15) is 4.79 Å². The second-order valence-corrected chi connectivity index (χ2v) is 4.71. The zero-order valence-corrected chi connectivity index (χ0v) is 9.28. The Hall–Kier alpha value is -1.51. The minimum atomic E-state index is 0.271. The number of nitrogen functional groups attached to an aromatic ring is 1. The second-order valence-electron chi connectivity index (χ2n) is 4.71. The Morgan fingerprint density at radius 2 is 2.19 bits per heavy atom. The number of benzene rings is 1. The number of rotatable bonds is 1. The van der Waals surface area contributed by atoms with Gasteiger partial charge in [-0.25, -0.2) is 0 Å². The number of nitrogens with zero attached hydrogens (tertiary/aromatic N) is 1. The Balaban J connectivity index is 1.90. The standard InChI is InChI=1S/C13H16N2O/c14-11-5-2-6-12-10(11)7-8-15(12)13(16)9-3-1-4-9/h2,5-6,9H,1,3-4,7-8,14H2. The van der Waals surface area contributed by atoms with Gasteiger partial charge in [0.1, 0.15) is 0 Å². The molecule has 1 aromatic rings. The number of carbonyl (C=O) groups excluding carboxylic acids is 1. The maximum Gasteiger partial charge on any atom is 0.230 e. The lowest BCUT2D eigenvalue weighted by Crippen LogP contribution is -2.37. The predicted molar refractivity (Wildman–Crippen MR) is 64.3 cm³/mol. The molecular weight excluding hydrogens is 200 g/mol. The summed E-state index contributed by atoms with van der Waals surface area (Å²) in [5.74, 6) is 0.572. The van der Waals surface area contributed by atoms with E-state index in [4.69, 9.17) is 5.73 Å². The van der Waals surface area contributed by atoms with Crippen molar-refractivity contribution in [2.24, 2.45) is 5.92 Å². The average Bonchev–Trinajstić information content (AvgIpc) is 2.59. The van der Waals surface area contributed by atoms with Crippen molar-refractivity contribution in [2.75, 3.05) is 17.2 Å². The first-order valence-corrected chi connectivity index (χ1v) is 5.96. The van der Waals surface area contributed by atoms with Crippen molar-refractivity contribution in [2.45, 2.75) is 25.7 Å². The summed E-state index contributed by atoms with van der Waals surface area (Å²) in [6.07, 6.45) is 4.23. The van der Waals surface area contributed by atoms with Crippen LogP contribution in [0.3, 0.4) is 0 Å². The third kappa shape index (κ3) is 1.31. The topological polar surface area (TPSA) is 46.3 Å². The van der Waals surface area contributed by atoms with Gasteiger partial charge in [-0.05, 0) is 31.4 Å². The molecule has 0 unspecified atom stereocenters. The lowest BCUT2D eigenvalue weighted by atomic mass is 9.84. The van der Waals surface area contributed by atoms with Crippen molar-refractivity contribution in [1.82, 2.24) is 0 Å². The zero-order valence-electron chi connectivity index (χ0n) is 9.28. The van der Waals surface area contributed by atoms with Crippen LogP contribution >= 0.6 is 0 Å². The van der Waals surface area contributed by atoms with Gasteiger partial charge in [-0.15, -0.1) is 0 Å². The van der Waals surface area contributed by atoms with Crippen molar-refractivity contribution in [3.05, 3.63) is 23.8 Å². The Bertz CT molecular complexity index is 438. The van der Waals surface area contributed by atoms with Gasteiger partial charge in [0.05, 0.1) is 0 Å². The van der Waals surface area contributed by atoms with Crippen LogP contribution in [0.2, 0.25) is 0 Å². The highest BCUT2D eigenvalue weighted by molar-refractivity contribution is 5.98. The molecule has 0 saturated heterocycles. The van der Waals surface area contributed by atoms with E-state index in [2.05, 4.69) is 0 Å². The molecule has 1 amide bonds. The smallest absolute Gasteiger partial charge is 0.230 e. The van der Waals surface area contributed by atoms with Crippen molar-refractivity contribution in [3.8, 4) is 0 Å². The first kappa shape index (κ1) is 9.70. The highest BCUT2D eigenvalue weighted by Crippen LogP contribution is 2.36. The first-order valence-electron chi connectivity index (χ1n) is 5.96. The van der Waals surface area contributed by atoms with Crippen molar-refractivity contribution in [3.63, 3.8) is 0 Å². The average molecular weight is 216 g/mol. The lowest BCUT2D eigenvalue weighted by Gasteiger charge is -2.29. The summed E-state index contributed by atoms with van der Waals surface area (Å²) in [4.78, 5) is 14.1. The summed E-state index contributed by atoms with van der Waals surface area (Å²) < 4.78 is 0. The third-order valence-corrected chi connectivity index (χ3v) is 3.78. The van der Waals surface area contributed by atoms with Gasteiger partial charge in [0.2, 0.25) is 5.91 Å². The van der Waals surface area contributed by atoms with Crippen LogP contribution in [-0.2, 0) is 11.2 Å². The van der Waals surface area contributed by atoms with Gasteiger partial charge in [-0.1, -0.05) is 12.5 Å². The number of hydrogen-bond acceptors (Lipinski definition) is 2. The summed E-state index contributed by atoms with van der Waals surface area (Å²) in [6.45, 7) is 0.804. The molecule has 1 saturated carbocycles. The Morgan fingerprint density at radius 1 is 1.38 bits per heavy atom. The SMILES string of the molecule is Nc1cccc2c1CCN2C(=O)C1CCC1. The van der Waals surface area contributed by atoms with E-state index in [1.54, 1.807) is 0 Å². The van der Waals surface area contributed by atoms with Gasteiger partial charge in [0, 0.05) is 29.4 Å². The van der Waals surface area contributed by atoms with Gasteiger partial charge >= 0.3 is 0 Å². The van der Waals surface area contributed by atoms with Crippen molar-refractivity contribution >= 4 is 17.3 Å². The fourth-order valence-corrected chi connectivity index (χ4v) is 2.57. The molecule has 0 radical (unpaired) electrons. The Labute approximate surface area is 95.2 Å². The molecule has 1 aromatic carbocycles. The Kier molecular flexibility index (Phi) is 2.13. The fraction of sp³-hybridized carbons (Fsp3) is 0.462. The van der Waals surface area contributed by atoms with E-state index < -0.39 is 0 Å². The van der Waals surface area contributed by atoms with Crippen LogP contribution < -0.4 is 10.6 Å². The Morgan fingerprint density at radius 3 is 2.88 bits per heavy atom. The monoisotopic (exact) mass is 216 g/mol. The number of fused-ring (bicyclic) bond motifs is 1. The van der Waals surface area contributed by atoms with Crippen LogP contribution in [0.15, 0.2) is 18.2 Å². The maximum atomic E-state index is 12.2. The predicted octanol–water partition coefficient (Wildman–Crippen LogP) is 1.96. The molecule has 1 aliphatic carbocycles. The van der Waals surface area contributed by atoms with E-state index in [1.165, 1.54) is 6.42 Å². The second kappa shape index (κ2) is 3.51. The highest BCUT2D eigenvalue weighted by Gasteiger charge is 2.33. The quantitative estimate of drug-likeness (QED) is 0.729. The molecule has 2 aliphatic rings. The van der Waals surface area contributed by atoms with Gasteiger partial charge in [0.25, 0.3) is 0 Å². The first-order chi connectivity index (χ1) is 7.77. The van der Waals surface area contributed by atoms with Crippen molar-refractivity contribution in [1.29, 1.82) is 0 Å². The van der Waals surface area contributed by atoms with Crippen LogP contribution in [0.4, 0.5) is 11.4 Å². The molecule has 1 heterocycles. The minimum absolute atomic E-state index is 0.271. The molecule has 0 spiro atoms. The number of carbonyl (C=O) groups is 1. The minimum Gasteiger partial charge on any atom is -0.398 e. The molecule has 2 N–H and O–H groups in total. The van der Waals surface area contributed by atoms with Gasteiger partial charge in [-0.3, -0.25) is 4.79 Å². The summed E-state index contributed by atoms with van der Waals surface area (Å²) in [5.41, 5.74) is 8.93. The van der Waals surface area contributed by atoms with E-state index >= 15 is 0 Å². The lowest BCUT2D eigenvalue weighted by molar-refractivity contribution is -0.124. The third-order valence-electron chi connectivity index (χ3n) is 3.78. The van der Waals surface area contributed by atoms with Crippen LogP contribution in [0.5, 0.6) is 0 Å².